The summed E-state index contributed by atoms with van der Waals surface area (Å²) in [4.78, 5) is 17.1. The summed E-state index contributed by atoms with van der Waals surface area (Å²) in [5, 5.41) is 7.39. The average Bonchev–Trinajstić information content (AvgIpc) is 3.40. The molecule has 7 nitrogen and oxygen atoms in total. The van der Waals surface area contributed by atoms with Crippen LogP contribution >= 0.6 is 0 Å². The number of rotatable bonds is 7. The van der Waals surface area contributed by atoms with E-state index < -0.39 is 0 Å². The van der Waals surface area contributed by atoms with Gasteiger partial charge in [0, 0.05) is 36.1 Å². The number of nitrogens with one attached hydrogen (secondary N) is 1. The van der Waals surface area contributed by atoms with Gasteiger partial charge in [-0.05, 0) is 44.0 Å². The lowest BCUT2D eigenvalue weighted by Gasteiger charge is -2.11. The van der Waals surface area contributed by atoms with E-state index in [-0.39, 0.29) is 11.9 Å². The molecule has 0 unspecified atom stereocenters. The summed E-state index contributed by atoms with van der Waals surface area (Å²) in [6, 6.07) is 10.1. The second kappa shape index (κ2) is 8.49. The van der Waals surface area contributed by atoms with E-state index in [0.717, 1.165) is 30.0 Å². The van der Waals surface area contributed by atoms with Gasteiger partial charge in [-0.2, -0.15) is 5.10 Å². The van der Waals surface area contributed by atoms with Crippen LogP contribution in [0.5, 0.6) is 0 Å². The Bertz CT molecular complexity index is 1160. The third-order valence-electron chi connectivity index (χ3n) is 5.22. The highest BCUT2D eigenvalue weighted by Crippen LogP contribution is 2.23. The van der Waals surface area contributed by atoms with Gasteiger partial charge in [-0.25, -0.2) is 9.55 Å². The second-order valence-electron chi connectivity index (χ2n) is 7.60. The first-order valence-corrected chi connectivity index (χ1v) is 10.3. The number of aryl methyl sites for hydroxylation is 1. The van der Waals surface area contributed by atoms with Crippen LogP contribution in [-0.4, -0.2) is 31.6 Å². The number of hydrogen-bond donors (Lipinski definition) is 1. The molecular weight excluding hydrogens is 376 g/mol. The highest BCUT2D eigenvalue weighted by molar-refractivity contribution is 5.95. The van der Waals surface area contributed by atoms with Crippen molar-refractivity contribution < 1.29 is 9.36 Å². The van der Waals surface area contributed by atoms with Gasteiger partial charge in [0.2, 0.25) is 0 Å². The average molecular weight is 404 g/mol. The third-order valence-corrected chi connectivity index (χ3v) is 5.22. The maximum Gasteiger partial charge on any atom is 0.251 e. The van der Waals surface area contributed by atoms with Gasteiger partial charge in [-0.15, -0.1) is 0 Å². The summed E-state index contributed by atoms with van der Waals surface area (Å²) < 4.78 is 6.02. The van der Waals surface area contributed by atoms with E-state index in [9.17, 15) is 4.79 Å². The third kappa shape index (κ3) is 3.96. The summed E-state index contributed by atoms with van der Waals surface area (Å²) in [7, 11) is 0. The zero-order valence-electron chi connectivity index (χ0n) is 17.6. The van der Waals surface area contributed by atoms with E-state index in [0.29, 0.717) is 12.1 Å². The molecule has 0 aliphatic rings. The van der Waals surface area contributed by atoms with E-state index in [1.165, 1.54) is 5.56 Å². The first kappa shape index (κ1) is 19.8. The van der Waals surface area contributed by atoms with Crippen molar-refractivity contribution in [2.75, 3.05) is 6.54 Å². The zero-order chi connectivity index (χ0) is 21.1. The van der Waals surface area contributed by atoms with E-state index in [1.54, 1.807) is 6.20 Å². The molecule has 0 fully saturated rings. The topological polar surface area (TPSA) is 68.1 Å². The SMILES string of the molecule is CCc1cc[n+](CCNC(=O)c2ccn3c(-c4ccnn4C(C)C)cnc3c2)cc1. The molecule has 1 N–H and O–H groups in total. The molecule has 4 heterocycles. The Labute approximate surface area is 176 Å². The summed E-state index contributed by atoms with van der Waals surface area (Å²) in [6.07, 6.45) is 10.6. The van der Waals surface area contributed by atoms with E-state index in [2.05, 4.69) is 52.9 Å². The number of nitrogens with zero attached hydrogens (tertiary/aromatic N) is 5. The monoisotopic (exact) mass is 403 g/mol. The first-order chi connectivity index (χ1) is 14.6. The first-order valence-electron chi connectivity index (χ1n) is 10.3. The Morgan fingerprint density at radius 3 is 2.70 bits per heavy atom. The molecule has 0 atom stereocenters. The van der Waals surface area contributed by atoms with Gasteiger partial charge in [0.1, 0.15) is 5.65 Å². The van der Waals surface area contributed by atoms with Crippen LogP contribution in [0.2, 0.25) is 0 Å². The van der Waals surface area contributed by atoms with Gasteiger partial charge in [0.15, 0.2) is 18.9 Å². The fourth-order valence-electron chi connectivity index (χ4n) is 3.51. The molecule has 0 saturated heterocycles. The zero-order valence-corrected chi connectivity index (χ0v) is 17.6. The minimum Gasteiger partial charge on any atom is -0.346 e. The molecule has 0 aliphatic heterocycles. The summed E-state index contributed by atoms with van der Waals surface area (Å²) in [5.41, 5.74) is 4.59. The van der Waals surface area contributed by atoms with Crippen LogP contribution in [0.3, 0.4) is 0 Å². The van der Waals surface area contributed by atoms with Crippen molar-refractivity contribution in [3.8, 4) is 11.4 Å². The smallest absolute Gasteiger partial charge is 0.251 e. The molecule has 0 aromatic carbocycles. The van der Waals surface area contributed by atoms with Crippen LogP contribution in [0.1, 0.15) is 42.7 Å². The maximum atomic E-state index is 12.6. The van der Waals surface area contributed by atoms with Gasteiger partial charge in [0.05, 0.1) is 24.1 Å². The van der Waals surface area contributed by atoms with Gasteiger partial charge in [0.25, 0.3) is 5.91 Å². The number of amides is 1. The molecule has 0 spiro atoms. The highest BCUT2D eigenvalue weighted by Gasteiger charge is 2.14. The predicted molar refractivity (Wildman–Crippen MR) is 115 cm³/mol. The molecule has 154 valence electrons. The number of hydrogen-bond acceptors (Lipinski definition) is 3. The van der Waals surface area contributed by atoms with Crippen LogP contribution < -0.4 is 9.88 Å². The molecule has 7 heteroatoms. The Morgan fingerprint density at radius 2 is 1.97 bits per heavy atom. The Hall–Kier alpha value is -3.48. The van der Waals surface area contributed by atoms with Crippen LogP contribution in [-0.2, 0) is 13.0 Å². The van der Waals surface area contributed by atoms with Crippen molar-refractivity contribution in [2.24, 2.45) is 0 Å². The number of fused-ring (bicyclic) bond motifs is 1. The fraction of sp³-hybridized carbons (Fsp3) is 0.304. The van der Waals surface area contributed by atoms with E-state index in [4.69, 9.17) is 0 Å². The molecule has 4 aromatic heterocycles. The van der Waals surface area contributed by atoms with Crippen LogP contribution in [0, 0.1) is 0 Å². The van der Waals surface area contributed by atoms with E-state index in [1.807, 2.05) is 52.1 Å². The largest absolute Gasteiger partial charge is 0.346 e. The minimum absolute atomic E-state index is 0.0972. The van der Waals surface area contributed by atoms with Crippen molar-refractivity contribution in [2.45, 2.75) is 39.8 Å². The van der Waals surface area contributed by atoms with Crippen molar-refractivity contribution in [3.05, 3.63) is 72.4 Å². The normalized spacial score (nSPS) is 11.3. The van der Waals surface area contributed by atoms with Crippen molar-refractivity contribution in [1.29, 1.82) is 0 Å². The molecule has 1 amide bonds. The number of imidazole rings is 1. The summed E-state index contributed by atoms with van der Waals surface area (Å²) >= 11 is 0. The Kier molecular flexibility index (Phi) is 5.61. The van der Waals surface area contributed by atoms with Crippen molar-refractivity contribution >= 4 is 11.6 Å². The molecule has 0 radical (unpaired) electrons. The lowest BCUT2D eigenvalue weighted by Crippen LogP contribution is -2.40. The van der Waals surface area contributed by atoms with Crippen LogP contribution in [0.15, 0.2) is 61.3 Å². The number of carbonyl (C=O) groups is 1. The molecule has 0 saturated carbocycles. The Balaban J connectivity index is 1.45. The molecule has 4 aromatic rings. The summed E-state index contributed by atoms with van der Waals surface area (Å²) in [6.45, 7) is 7.62. The minimum atomic E-state index is -0.0972. The van der Waals surface area contributed by atoms with Crippen molar-refractivity contribution in [1.82, 2.24) is 24.5 Å². The molecular formula is C23H27N6O+. The number of carbonyl (C=O) groups excluding carboxylic acids is 1. The predicted octanol–water partition coefficient (Wildman–Crippen LogP) is 3.06. The maximum absolute atomic E-state index is 12.6. The lowest BCUT2D eigenvalue weighted by atomic mass is 10.2. The fourth-order valence-corrected chi connectivity index (χ4v) is 3.51. The number of pyridine rings is 2. The van der Waals surface area contributed by atoms with Gasteiger partial charge in [-0.3, -0.25) is 13.9 Å². The highest BCUT2D eigenvalue weighted by atomic mass is 16.1. The van der Waals surface area contributed by atoms with Crippen LogP contribution in [0.25, 0.3) is 17.0 Å². The number of aromatic nitrogens is 5. The van der Waals surface area contributed by atoms with Gasteiger partial charge >= 0.3 is 0 Å². The summed E-state index contributed by atoms with van der Waals surface area (Å²) in [5.74, 6) is -0.0972. The van der Waals surface area contributed by atoms with Crippen molar-refractivity contribution in [3.63, 3.8) is 0 Å². The van der Waals surface area contributed by atoms with Crippen LogP contribution in [0.4, 0.5) is 0 Å². The molecule has 30 heavy (non-hydrogen) atoms. The molecule has 0 aliphatic carbocycles. The van der Waals surface area contributed by atoms with Gasteiger partial charge in [-0.1, -0.05) is 6.92 Å². The Morgan fingerprint density at radius 1 is 1.17 bits per heavy atom. The van der Waals surface area contributed by atoms with E-state index >= 15 is 0 Å². The quantitative estimate of drug-likeness (QED) is 0.482. The van der Waals surface area contributed by atoms with Gasteiger partial charge < -0.3 is 5.32 Å². The lowest BCUT2D eigenvalue weighted by molar-refractivity contribution is -0.694. The molecule has 4 rings (SSSR count). The molecule has 0 bridgehead atoms. The second-order valence-corrected chi connectivity index (χ2v) is 7.60. The standard InChI is InChI=1S/C23H26N6O/c1-4-18-6-11-27(12-7-18)14-10-24-23(30)19-8-13-28-21(16-25-22(28)15-19)20-5-9-26-29(20)17(2)3/h5-9,11-13,15-17H,4,10,14H2,1-3H3/p+1.